The largest absolute Gasteiger partial charge is 0.495 e. The van der Waals surface area contributed by atoms with Gasteiger partial charge in [-0.2, -0.15) is 0 Å². The van der Waals surface area contributed by atoms with E-state index in [1.807, 2.05) is 13.0 Å². The molecular formula is C22H22N4O5. The van der Waals surface area contributed by atoms with E-state index in [1.54, 1.807) is 36.5 Å². The van der Waals surface area contributed by atoms with Gasteiger partial charge in [-0.05, 0) is 24.6 Å². The Morgan fingerprint density at radius 1 is 1.03 bits per heavy atom. The predicted molar refractivity (Wildman–Crippen MR) is 113 cm³/mol. The summed E-state index contributed by atoms with van der Waals surface area (Å²) in [5.74, 6) is 1.15. The zero-order valence-corrected chi connectivity index (χ0v) is 17.7. The third-order valence-electron chi connectivity index (χ3n) is 5.18. The van der Waals surface area contributed by atoms with Gasteiger partial charge in [-0.3, -0.25) is 14.8 Å². The van der Waals surface area contributed by atoms with Gasteiger partial charge in [0.1, 0.15) is 11.4 Å². The Morgan fingerprint density at radius 3 is 2.48 bits per heavy atom. The zero-order chi connectivity index (χ0) is 22.1. The van der Waals surface area contributed by atoms with Gasteiger partial charge in [-0.25, -0.2) is 4.98 Å². The topological polar surface area (TPSA) is 107 Å². The monoisotopic (exact) mass is 422 g/mol. The van der Waals surface area contributed by atoms with Gasteiger partial charge >= 0.3 is 0 Å². The van der Waals surface area contributed by atoms with Crippen molar-refractivity contribution < 1.29 is 24.1 Å². The van der Waals surface area contributed by atoms with E-state index in [0.717, 1.165) is 11.1 Å². The molecule has 9 heteroatoms. The molecule has 3 aromatic heterocycles. The average molecular weight is 422 g/mol. The summed E-state index contributed by atoms with van der Waals surface area (Å²) in [7, 11) is 4.57. The number of aliphatic hydroxyl groups is 1. The number of aliphatic hydroxyl groups excluding tert-OH is 1. The highest BCUT2D eigenvalue weighted by atomic mass is 16.5. The molecule has 0 saturated carbocycles. The summed E-state index contributed by atoms with van der Waals surface area (Å²) in [5, 5.41) is 9.39. The van der Waals surface area contributed by atoms with Crippen LogP contribution in [0, 0.1) is 6.92 Å². The molecule has 4 rings (SSSR count). The number of anilines is 1. The number of fused-ring (bicyclic) bond motifs is 1. The Kier molecular flexibility index (Phi) is 5.43. The SMILES string of the molecule is COc1cc(N2Cc3nc(-c4cnc(OC)c(OC)c4)cc(C)c3C2=O)cnc1CO. The molecule has 0 aliphatic carbocycles. The van der Waals surface area contributed by atoms with Crippen molar-refractivity contribution in [1.82, 2.24) is 15.0 Å². The van der Waals surface area contributed by atoms with E-state index in [-0.39, 0.29) is 12.5 Å². The lowest BCUT2D eigenvalue weighted by Gasteiger charge is -2.17. The van der Waals surface area contributed by atoms with Gasteiger partial charge in [-0.1, -0.05) is 0 Å². The summed E-state index contributed by atoms with van der Waals surface area (Å²) in [4.78, 5) is 27.9. The first-order chi connectivity index (χ1) is 15.0. The summed E-state index contributed by atoms with van der Waals surface area (Å²) in [6.45, 7) is 1.93. The van der Waals surface area contributed by atoms with Crippen LogP contribution < -0.4 is 19.1 Å². The molecule has 0 aromatic carbocycles. The third-order valence-corrected chi connectivity index (χ3v) is 5.18. The maximum atomic E-state index is 13.1. The lowest BCUT2D eigenvalue weighted by atomic mass is 10.0. The molecule has 1 aliphatic rings. The summed E-state index contributed by atoms with van der Waals surface area (Å²) < 4.78 is 15.8. The van der Waals surface area contributed by atoms with Crippen LogP contribution in [0.4, 0.5) is 5.69 Å². The second-order valence-corrected chi connectivity index (χ2v) is 6.97. The molecule has 9 nitrogen and oxygen atoms in total. The lowest BCUT2D eigenvalue weighted by Crippen LogP contribution is -2.23. The van der Waals surface area contributed by atoms with E-state index in [0.29, 0.717) is 52.3 Å². The predicted octanol–water partition coefficient (Wildman–Crippen LogP) is 2.53. The highest BCUT2D eigenvalue weighted by Gasteiger charge is 2.32. The van der Waals surface area contributed by atoms with Crippen LogP contribution in [0.2, 0.25) is 0 Å². The zero-order valence-electron chi connectivity index (χ0n) is 17.7. The number of hydrogen-bond donors (Lipinski definition) is 1. The number of methoxy groups -OCH3 is 3. The number of aryl methyl sites for hydroxylation is 1. The van der Waals surface area contributed by atoms with Gasteiger partial charge in [0.05, 0.1) is 63.3 Å². The first-order valence-electron chi connectivity index (χ1n) is 9.55. The van der Waals surface area contributed by atoms with Gasteiger partial charge in [0, 0.05) is 17.8 Å². The fraction of sp³-hybridized carbons (Fsp3) is 0.273. The van der Waals surface area contributed by atoms with Crippen LogP contribution >= 0.6 is 0 Å². The third kappa shape index (κ3) is 3.53. The second kappa shape index (κ2) is 8.19. The Hall–Kier alpha value is -3.72. The molecule has 1 aliphatic heterocycles. The molecule has 3 aromatic rings. The smallest absolute Gasteiger partial charge is 0.260 e. The molecule has 1 N–H and O–H groups in total. The van der Waals surface area contributed by atoms with Crippen LogP contribution in [-0.4, -0.2) is 47.3 Å². The number of amides is 1. The standard InChI is InChI=1S/C22H22N4O5/c1-12-5-15(13-6-19(30-3)21(31-4)24-8-13)25-16-10-26(22(28)20(12)16)14-7-18(29-2)17(11-27)23-9-14/h5-9,27H,10-11H2,1-4H3. The molecule has 1 amide bonds. The van der Waals surface area contributed by atoms with Gasteiger partial charge < -0.3 is 24.2 Å². The van der Waals surface area contributed by atoms with Crippen LogP contribution in [0.25, 0.3) is 11.3 Å². The molecule has 0 radical (unpaired) electrons. The Bertz CT molecular complexity index is 1160. The van der Waals surface area contributed by atoms with Crippen LogP contribution in [-0.2, 0) is 13.2 Å². The molecule has 0 unspecified atom stereocenters. The molecule has 4 heterocycles. The first kappa shape index (κ1) is 20.5. The summed E-state index contributed by atoms with van der Waals surface area (Å²) in [5.41, 5.74) is 4.48. The number of hydrogen-bond acceptors (Lipinski definition) is 8. The summed E-state index contributed by atoms with van der Waals surface area (Å²) in [6.07, 6.45) is 3.21. The van der Waals surface area contributed by atoms with Crippen molar-refractivity contribution in [3.8, 4) is 28.6 Å². The lowest BCUT2D eigenvalue weighted by molar-refractivity contribution is 0.0996. The van der Waals surface area contributed by atoms with Crippen LogP contribution in [0.15, 0.2) is 30.6 Å². The van der Waals surface area contributed by atoms with Gasteiger partial charge in [0.2, 0.25) is 0 Å². The molecule has 160 valence electrons. The minimum atomic E-state index is -0.249. The quantitative estimate of drug-likeness (QED) is 0.646. The summed E-state index contributed by atoms with van der Waals surface area (Å²) >= 11 is 0. The molecule has 0 saturated heterocycles. The van der Waals surface area contributed by atoms with Crippen molar-refractivity contribution in [2.75, 3.05) is 26.2 Å². The Labute approximate surface area is 179 Å². The molecule has 0 bridgehead atoms. The summed E-state index contributed by atoms with van der Waals surface area (Å²) in [6, 6.07) is 5.35. The molecule has 0 spiro atoms. The number of rotatable bonds is 6. The number of carbonyl (C=O) groups is 1. The van der Waals surface area contributed by atoms with E-state index in [9.17, 15) is 9.90 Å². The van der Waals surface area contributed by atoms with Gasteiger partial charge in [0.25, 0.3) is 11.8 Å². The van der Waals surface area contributed by atoms with Crippen molar-refractivity contribution in [2.45, 2.75) is 20.1 Å². The van der Waals surface area contributed by atoms with Gasteiger partial charge in [-0.15, -0.1) is 0 Å². The van der Waals surface area contributed by atoms with Crippen LogP contribution in [0.1, 0.15) is 27.3 Å². The Balaban J connectivity index is 1.72. The number of pyridine rings is 3. The maximum absolute atomic E-state index is 13.1. The normalized spacial score (nSPS) is 12.7. The maximum Gasteiger partial charge on any atom is 0.260 e. The van der Waals surface area contributed by atoms with Crippen molar-refractivity contribution >= 4 is 11.6 Å². The van der Waals surface area contributed by atoms with E-state index in [4.69, 9.17) is 19.2 Å². The molecule has 0 atom stereocenters. The van der Waals surface area contributed by atoms with Crippen LogP contribution in [0.5, 0.6) is 17.4 Å². The van der Waals surface area contributed by atoms with E-state index in [2.05, 4.69) is 9.97 Å². The fourth-order valence-electron chi connectivity index (χ4n) is 3.64. The van der Waals surface area contributed by atoms with Crippen LogP contribution in [0.3, 0.4) is 0 Å². The fourth-order valence-corrected chi connectivity index (χ4v) is 3.64. The van der Waals surface area contributed by atoms with Crippen molar-refractivity contribution in [3.63, 3.8) is 0 Å². The van der Waals surface area contributed by atoms with Crippen molar-refractivity contribution in [3.05, 3.63) is 53.1 Å². The minimum absolute atomic E-state index is 0.155. The Morgan fingerprint density at radius 2 is 1.81 bits per heavy atom. The number of nitrogens with zero attached hydrogens (tertiary/aromatic N) is 4. The number of ether oxygens (including phenoxy) is 3. The van der Waals surface area contributed by atoms with Crippen molar-refractivity contribution in [1.29, 1.82) is 0 Å². The average Bonchev–Trinajstić information content (AvgIpc) is 3.14. The number of carbonyl (C=O) groups excluding carboxylic acids is 1. The van der Waals surface area contributed by atoms with E-state index >= 15 is 0 Å². The highest BCUT2D eigenvalue weighted by Crippen LogP contribution is 2.35. The van der Waals surface area contributed by atoms with E-state index in [1.165, 1.54) is 14.2 Å². The molecule has 0 fully saturated rings. The molecular weight excluding hydrogens is 400 g/mol. The highest BCUT2D eigenvalue weighted by molar-refractivity contribution is 6.10. The van der Waals surface area contributed by atoms with E-state index < -0.39 is 0 Å². The minimum Gasteiger partial charge on any atom is -0.495 e. The molecule has 31 heavy (non-hydrogen) atoms. The van der Waals surface area contributed by atoms with Gasteiger partial charge in [0.15, 0.2) is 5.75 Å². The second-order valence-electron chi connectivity index (χ2n) is 6.97. The van der Waals surface area contributed by atoms with Crippen molar-refractivity contribution in [2.24, 2.45) is 0 Å². The first-order valence-corrected chi connectivity index (χ1v) is 9.55. The number of aromatic nitrogens is 3.